The van der Waals surface area contributed by atoms with Gasteiger partial charge in [-0.05, 0) is 29.7 Å². The molecule has 0 bridgehead atoms. The highest BCUT2D eigenvalue weighted by Gasteiger charge is 1.99. The third-order valence-corrected chi connectivity index (χ3v) is 3.76. The van der Waals surface area contributed by atoms with Crippen LogP contribution in [-0.2, 0) is 0 Å². The number of pyridine rings is 1. The van der Waals surface area contributed by atoms with E-state index in [2.05, 4.69) is 59.6 Å². The van der Waals surface area contributed by atoms with E-state index in [1.165, 1.54) is 11.1 Å². The summed E-state index contributed by atoms with van der Waals surface area (Å²) in [6.07, 6.45) is 5.89. The van der Waals surface area contributed by atoms with E-state index in [1.807, 2.05) is 31.3 Å². The van der Waals surface area contributed by atoms with Crippen molar-refractivity contribution in [2.75, 3.05) is 7.11 Å². The van der Waals surface area contributed by atoms with Crippen LogP contribution in [0.4, 0.5) is 0 Å². The topological polar surface area (TPSA) is 22.1 Å². The quantitative estimate of drug-likeness (QED) is 0.657. The van der Waals surface area contributed by atoms with E-state index in [0.29, 0.717) is 0 Å². The Morgan fingerprint density at radius 2 is 1.57 bits per heavy atom. The summed E-state index contributed by atoms with van der Waals surface area (Å²) in [4.78, 5) is 4.40. The van der Waals surface area contributed by atoms with Crippen LogP contribution in [0.3, 0.4) is 0 Å². The Bertz CT molecular complexity index is 805. The number of nitrogens with zero attached hydrogens (tertiary/aromatic N) is 1. The maximum absolute atomic E-state index is 5.33. The molecule has 0 saturated carbocycles. The molecule has 0 fully saturated rings. The summed E-state index contributed by atoms with van der Waals surface area (Å²) >= 11 is 0. The van der Waals surface area contributed by atoms with Gasteiger partial charge in [0.2, 0.25) is 0 Å². The van der Waals surface area contributed by atoms with Gasteiger partial charge in [-0.1, -0.05) is 60.7 Å². The Morgan fingerprint density at radius 3 is 2.26 bits per heavy atom. The smallest absolute Gasteiger partial charge is 0.125 e. The van der Waals surface area contributed by atoms with Gasteiger partial charge >= 0.3 is 0 Å². The van der Waals surface area contributed by atoms with E-state index in [9.17, 15) is 0 Å². The summed E-state index contributed by atoms with van der Waals surface area (Å²) in [7, 11) is 1.68. The molecular weight excluding hydrogens is 282 g/mol. The molecule has 0 saturated heterocycles. The van der Waals surface area contributed by atoms with Crippen LogP contribution >= 0.6 is 0 Å². The van der Waals surface area contributed by atoms with E-state index < -0.39 is 0 Å². The highest BCUT2D eigenvalue weighted by Crippen LogP contribution is 2.21. The minimum Gasteiger partial charge on any atom is -0.496 e. The Hall–Kier alpha value is -2.87. The van der Waals surface area contributed by atoms with Gasteiger partial charge < -0.3 is 4.74 Å². The minimum atomic E-state index is 0.860. The predicted octanol–water partition coefficient (Wildman–Crippen LogP) is 5.24. The number of aryl methyl sites for hydroxylation is 1. The normalized spacial score (nSPS) is 10.9. The van der Waals surface area contributed by atoms with Crippen molar-refractivity contribution in [3.8, 4) is 16.9 Å². The Labute approximate surface area is 137 Å². The van der Waals surface area contributed by atoms with Crippen molar-refractivity contribution >= 4 is 12.2 Å². The zero-order valence-electron chi connectivity index (χ0n) is 13.4. The third-order valence-electron chi connectivity index (χ3n) is 3.76. The zero-order chi connectivity index (χ0) is 16.1. The Morgan fingerprint density at radius 1 is 0.870 bits per heavy atom. The van der Waals surface area contributed by atoms with Gasteiger partial charge in [0.15, 0.2) is 0 Å². The average molecular weight is 301 g/mol. The molecule has 0 N–H and O–H groups in total. The molecule has 3 rings (SSSR count). The number of hydrogen-bond acceptors (Lipinski definition) is 2. The number of benzene rings is 2. The number of methoxy groups -OCH3 is 1. The fraction of sp³-hybridized carbons (Fsp3) is 0.0952. The molecule has 3 aromatic rings. The lowest BCUT2D eigenvalue weighted by atomic mass is 10.0. The number of rotatable bonds is 4. The molecule has 1 heterocycles. The van der Waals surface area contributed by atoms with Crippen LogP contribution in [0, 0.1) is 6.92 Å². The molecule has 0 aliphatic rings. The van der Waals surface area contributed by atoms with E-state index in [1.54, 1.807) is 7.11 Å². The van der Waals surface area contributed by atoms with Crippen LogP contribution in [0.2, 0.25) is 0 Å². The summed E-state index contributed by atoms with van der Waals surface area (Å²) in [6.45, 7) is 1.99. The SMILES string of the molecule is COc1cc(/C=C\c2ccc(-c3ccccc3)cc2)ncc1C. The third kappa shape index (κ3) is 3.67. The molecule has 0 atom stereocenters. The summed E-state index contributed by atoms with van der Waals surface area (Å²) in [5.74, 6) is 0.860. The van der Waals surface area contributed by atoms with Gasteiger partial charge in [0.1, 0.15) is 5.75 Å². The van der Waals surface area contributed by atoms with E-state index >= 15 is 0 Å². The number of hydrogen-bond donors (Lipinski definition) is 0. The molecule has 1 aromatic heterocycles. The van der Waals surface area contributed by atoms with Crippen LogP contribution in [0.1, 0.15) is 16.8 Å². The lowest BCUT2D eigenvalue weighted by Gasteiger charge is -2.04. The molecule has 0 radical (unpaired) electrons. The van der Waals surface area contributed by atoms with Gasteiger partial charge in [-0.3, -0.25) is 4.98 Å². The van der Waals surface area contributed by atoms with Crippen molar-refractivity contribution < 1.29 is 4.74 Å². The van der Waals surface area contributed by atoms with Crippen molar-refractivity contribution in [3.05, 3.63) is 83.7 Å². The lowest BCUT2D eigenvalue weighted by Crippen LogP contribution is -1.90. The lowest BCUT2D eigenvalue weighted by molar-refractivity contribution is 0.411. The van der Waals surface area contributed by atoms with Gasteiger partial charge in [-0.25, -0.2) is 0 Å². The summed E-state index contributed by atoms with van der Waals surface area (Å²) in [5, 5.41) is 0. The average Bonchev–Trinajstić information content (AvgIpc) is 2.62. The fourth-order valence-corrected chi connectivity index (χ4v) is 2.43. The highest BCUT2D eigenvalue weighted by molar-refractivity contribution is 5.71. The van der Waals surface area contributed by atoms with E-state index in [-0.39, 0.29) is 0 Å². The Kier molecular flexibility index (Phi) is 4.53. The fourth-order valence-electron chi connectivity index (χ4n) is 2.43. The van der Waals surface area contributed by atoms with Crippen LogP contribution in [0.25, 0.3) is 23.3 Å². The first-order valence-electron chi connectivity index (χ1n) is 7.60. The van der Waals surface area contributed by atoms with E-state index in [4.69, 9.17) is 4.74 Å². The summed E-state index contributed by atoms with van der Waals surface area (Å²) in [6, 6.07) is 20.8. The van der Waals surface area contributed by atoms with Crippen LogP contribution in [0.15, 0.2) is 66.9 Å². The number of aromatic nitrogens is 1. The first-order valence-corrected chi connectivity index (χ1v) is 7.60. The molecule has 23 heavy (non-hydrogen) atoms. The molecule has 2 aromatic carbocycles. The highest BCUT2D eigenvalue weighted by atomic mass is 16.5. The van der Waals surface area contributed by atoms with E-state index in [0.717, 1.165) is 22.6 Å². The van der Waals surface area contributed by atoms with Gasteiger partial charge in [-0.2, -0.15) is 0 Å². The molecule has 114 valence electrons. The monoisotopic (exact) mass is 301 g/mol. The first-order chi connectivity index (χ1) is 11.3. The second kappa shape index (κ2) is 6.93. The van der Waals surface area contributed by atoms with Gasteiger partial charge in [0.05, 0.1) is 12.8 Å². The van der Waals surface area contributed by atoms with Crippen molar-refractivity contribution in [2.45, 2.75) is 6.92 Å². The van der Waals surface area contributed by atoms with Crippen LogP contribution in [-0.4, -0.2) is 12.1 Å². The number of ether oxygens (including phenoxy) is 1. The predicted molar refractivity (Wildman–Crippen MR) is 96.3 cm³/mol. The first kappa shape index (κ1) is 15.0. The summed E-state index contributed by atoms with van der Waals surface area (Å²) in [5.41, 5.74) is 5.52. The standard InChI is InChI=1S/C21H19NO/c1-16-15-22-20(14-21(16)23-2)13-10-17-8-11-19(12-9-17)18-6-4-3-5-7-18/h3-15H,1-2H3/b13-10-. The second-order valence-corrected chi connectivity index (χ2v) is 5.40. The van der Waals surface area contributed by atoms with Crippen LogP contribution in [0.5, 0.6) is 5.75 Å². The van der Waals surface area contributed by atoms with Gasteiger partial charge in [-0.15, -0.1) is 0 Å². The molecule has 2 nitrogen and oxygen atoms in total. The van der Waals surface area contributed by atoms with Gasteiger partial charge in [0, 0.05) is 17.8 Å². The van der Waals surface area contributed by atoms with Crippen molar-refractivity contribution in [2.24, 2.45) is 0 Å². The zero-order valence-corrected chi connectivity index (χ0v) is 13.4. The molecule has 0 spiro atoms. The minimum absolute atomic E-state index is 0.860. The van der Waals surface area contributed by atoms with Crippen molar-refractivity contribution in [3.63, 3.8) is 0 Å². The molecule has 0 unspecified atom stereocenters. The molecule has 2 heteroatoms. The molecule has 0 aliphatic carbocycles. The largest absolute Gasteiger partial charge is 0.496 e. The maximum Gasteiger partial charge on any atom is 0.125 e. The molecule has 0 aliphatic heterocycles. The van der Waals surface area contributed by atoms with Gasteiger partial charge in [0.25, 0.3) is 0 Å². The maximum atomic E-state index is 5.33. The van der Waals surface area contributed by atoms with Crippen molar-refractivity contribution in [1.82, 2.24) is 4.98 Å². The summed E-state index contributed by atoms with van der Waals surface area (Å²) < 4.78 is 5.33. The van der Waals surface area contributed by atoms with Crippen LogP contribution < -0.4 is 4.74 Å². The second-order valence-electron chi connectivity index (χ2n) is 5.40. The molecule has 0 amide bonds. The van der Waals surface area contributed by atoms with Crippen molar-refractivity contribution in [1.29, 1.82) is 0 Å². The Balaban J connectivity index is 1.78. The molecular formula is C21H19NO.